The number of nitrogens with one attached hydrogen (secondary N) is 3. The number of ether oxygens (including phenoxy) is 1. The first-order valence-electron chi connectivity index (χ1n) is 10.7. The van der Waals surface area contributed by atoms with Gasteiger partial charge in [0, 0.05) is 11.3 Å². The molecule has 0 spiro atoms. The number of carbonyl (C=O) groups is 2. The lowest BCUT2D eigenvalue weighted by atomic mass is 10.2. The zero-order valence-electron chi connectivity index (χ0n) is 18.9. The fraction of sp³-hybridized carbons (Fsp3) is 0.120. The van der Waals surface area contributed by atoms with Crippen molar-refractivity contribution in [3.8, 4) is 5.75 Å². The molecular weight excluding hydrogens is 466 g/mol. The van der Waals surface area contributed by atoms with Gasteiger partial charge in [-0.15, -0.1) is 5.10 Å². The lowest BCUT2D eigenvalue weighted by Gasteiger charge is -2.10. The van der Waals surface area contributed by atoms with Crippen molar-refractivity contribution >= 4 is 35.0 Å². The molecule has 0 fully saturated rings. The highest BCUT2D eigenvalue weighted by Gasteiger charge is 2.13. The number of hydrogen-bond acceptors (Lipinski definition) is 6. The van der Waals surface area contributed by atoms with E-state index in [1.165, 1.54) is 11.7 Å². The van der Waals surface area contributed by atoms with E-state index in [-0.39, 0.29) is 23.3 Å². The molecule has 0 aliphatic heterocycles. The van der Waals surface area contributed by atoms with Gasteiger partial charge in [0.25, 0.3) is 5.91 Å². The van der Waals surface area contributed by atoms with E-state index in [1.807, 2.05) is 36.4 Å². The van der Waals surface area contributed by atoms with Crippen LogP contribution in [0.4, 0.5) is 11.4 Å². The minimum atomic E-state index is -0.334. The Morgan fingerprint density at radius 3 is 2.43 bits per heavy atom. The van der Waals surface area contributed by atoms with Gasteiger partial charge in [-0.1, -0.05) is 54.2 Å². The van der Waals surface area contributed by atoms with E-state index in [4.69, 9.17) is 4.74 Å². The third kappa shape index (κ3) is 6.18. The van der Waals surface area contributed by atoms with Gasteiger partial charge in [-0.05, 0) is 42.0 Å². The van der Waals surface area contributed by atoms with Crippen molar-refractivity contribution in [2.24, 2.45) is 0 Å². The summed E-state index contributed by atoms with van der Waals surface area (Å²) < 4.78 is 6.74. The third-order valence-corrected chi connectivity index (χ3v) is 6.00. The van der Waals surface area contributed by atoms with E-state index in [9.17, 15) is 14.4 Å². The maximum atomic E-state index is 12.5. The van der Waals surface area contributed by atoms with Crippen LogP contribution >= 0.6 is 11.8 Å². The monoisotopic (exact) mass is 489 g/mol. The van der Waals surface area contributed by atoms with Gasteiger partial charge >= 0.3 is 5.69 Å². The first-order valence-corrected chi connectivity index (χ1v) is 11.7. The quantitative estimate of drug-likeness (QED) is 0.309. The number of para-hydroxylation sites is 2. The lowest BCUT2D eigenvalue weighted by molar-refractivity contribution is -0.113. The van der Waals surface area contributed by atoms with Crippen LogP contribution in [0.25, 0.3) is 0 Å². The molecule has 1 heterocycles. The lowest BCUT2D eigenvalue weighted by Crippen LogP contribution is -2.19. The number of hydrogen-bond donors (Lipinski definition) is 3. The molecule has 4 aromatic rings. The predicted octanol–water partition coefficient (Wildman–Crippen LogP) is 3.61. The molecule has 0 unspecified atom stereocenters. The third-order valence-electron chi connectivity index (χ3n) is 5.03. The molecule has 2 amide bonds. The van der Waals surface area contributed by atoms with Gasteiger partial charge in [0.15, 0.2) is 5.16 Å². The summed E-state index contributed by atoms with van der Waals surface area (Å²) in [5, 5.41) is 12.5. The summed E-state index contributed by atoms with van der Waals surface area (Å²) in [4.78, 5) is 37.1. The van der Waals surface area contributed by atoms with Crippen LogP contribution in [-0.4, -0.2) is 39.4 Å². The van der Waals surface area contributed by atoms with Crippen LogP contribution in [0.15, 0.2) is 88.8 Å². The second-order valence-electron chi connectivity index (χ2n) is 7.45. The summed E-state index contributed by atoms with van der Waals surface area (Å²) in [5.41, 5.74) is 2.17. The smallest absolute Gasteiger partial charge is 0.344 e. The number of amides is 2. The molecule has 9 nitrogen and oxygen atoms in total. The van der Waals surface area contributed by atoms with E-state index in [0.29, 0.717) is 34.4 Å². The molecule has 0 aliphatic carbocycles. The highest BCUT2D eigenvalue weighted by Crippen LogP contribution is 2.24. The predicted molar refractivity (Wildman–Crippen MR) is 135 cm³/mol. The Morgan fingerprint density at radius 1 is 0.971 bits per heavy atom. The first-order chi connectivity index (χ1) is 17.0. The van der Waals surface area contributed by atoms with Crippen molar-refractivity contribution in [1.82, 2.24) is 14.8 Å². The Morgan fingerprint density at radius 2 is 1.69 bits per heavy atom. The van der Waals surface area contributed by atoms with Crippen molar-refractivity contribution in [3.63, 3.8) is 0 Å². The van der Waals surface area contributed by atoms with E-state index >= 15 is 0 Å². The Balaban J connectivity index is 1.32. The Bertz CT molecular complexity index is 1370. The molecule has 0 atom stereocenters. The second-order valence-corrected chi connectivity index (χ2v) is 8.39. The van der Waals surface area contributed by atoms with Gasteiger partial charge in [0.1, 0.15) is 5.75 Å². The van der Waals surface area contributed by atoms with Crippen LogP contribution < -0.4 is 21.1 Å². The van der Waals surface area contributed by atoms with Crippen LogP contribution in [0.1, 0.15) is 15.9 Å². The average Bonchev–Trinajstić information content (AvgIpc) is 3.23. The van der Waals surface area contributed by atoms with Crippen LogP contribution in [0.2, 0.25) is 0 Å². The van der Waals surface area contributed by atoms with Crippen molar-refractivity contribution in [1.29, 1.82) is 0 Å². The summed E-state index contributed by atoms with van der Waals surface area (Å²) in [5.74, 6) is 0.0730. The molecule has 1 aromatic heterocycles. The summed E-state index contributed by atoms with van der Waals surface area (Å²) in [6.07, 6.45) is 0. The maximum Gasteiger partial charge on any atom is 0.344 e. The van der Waals surface area contributed by atoms with Crippen molar-refractivity contribution in [3.05, 3.63) is 100 Å². The van der Waals surface area contributed by atoms with Gasteiger partial charge in [0.2, 0.25) is 5.91 Å². The topological polar surface area (TPSA) is 118 Å². The molecule has 178 valence electrons. The molecule has 0 aliphatic rings. The van der Waals surface area contributed by atoms with E-state index < -0.39 is 0 Å². The average molecular weight is 490 g/mol. The second kappa shape index (κ2) is 11.2. The fourth-order valence-corrected chi connectivity index (χ4v) is 4.04. The Labute approximate surface area is 205 Å². The molecular formula is C25H23N5O4S. The summed E-state index contributed by atoms with van der Waals surface area (Å²) in [7, 11) is 1.54. The fourth-order valence-electron chi connectivity index (χ4n) is 3.29. The molecule has 4 rings (SSSR count). The summed E-state index contributed by atoms with van der Waals surface area (Å²) >= 11 is 1.16. The molecule has 3 aromatic carbocycles. The molecule has 35 heavy (non-hydrogen) atoms. The van der Waals surface area contributed by atoms with Crippen molar-refractivity contribution < 1.29 is 14.3 Å². The van der Waals surface area contributed by atoms with Gasteiger partial charge in [-0.3, -0.25) is 14.2 Å². The number of anilines is 2. The van der Waals surface area contributed by atoms with Gasteiger partial charge in [-0.25, -0.2) is 9.89 Å². The normalized spacial score (nSPS) is 10.5. The number of aromatic nitrogens is 3. The van der Waals surface area contributed by atoms with E-state index in [2.05, 4.69) is 20.8 Å². The minimum Gasteiger partial charge on any atom is -0.495 e. The highest BCUT2D eigenvalue weighted by atomic mass is 32.2. The molecule has 0 saturated heterocycles. The van der Waals surface area contributed by atoms with Crippen molar-refractivity contribution in [2.45, 2.75) is 11.7 Å². The SMILES string of the molecule is COc1ccccc1NC(=O)c1ccc(NC(=O)CSc2n[nH]c(=O)n2Cc2ccccc2)cc1. The number of thioether (sulfide) groups is 1. The van der Waals surface area contributed by atoms with Gasteiger partial charge in [0.05, 0.1) is 25.1 Å². The minimum absolute atomic E-state index is 0.0646. The zero-order valence-corrected chi connectivity index (χ0v) is 19.7. The largest absolute Gasteiger partial charge is 0.495 e. The number of benzene rings is 3. The maximum absolute atomic E-state index is 12.5. The summed E-state index contributed by atoms with van der Waals surface area (Å²) in [6.45, 7) is 0.360. The summed E-state index contributed by atoms with van der Waals surface area (Å²) in [6, 6.07) is 23.2. The number of H-pyrrole nitrogens is 1. The van der Waals surface area contributed by atoms with Crippen molar-refractivity contribution in [2.75, 3.05) is 23.5 Å². The number of nitrogens with zero attached hydrogens (tertiary/aromatic N) is 2. The first kappa shape index (κ1) is 23.8. The number of methoxy groups -OCH3 is 1. The standard InChI is InChI=1S/C25H23N5O4S/c1-34-21-10-6-5-9-20(21)27-23(32)18-11-13-19(14-12-18)26-22(31)16-35-25-29-28-24(33)30(25)15-17-7-3-2-4-8-17/h2-14H,15-16H2,1H3,(H,26,31)(H,27,32)(H,28,33). The number of rotatable bonds is 9. The van der Waals surface area contributed by atoms with Crippen LogP contribution in [0.3, 0.4) is 0 Å². The Kier molecular flexibility index (Phi) is 7.63. The molecule has 0 bridgehead atoms. The van der Waals surface area contributed by atoms with E-state index in [0.717, 1.165) is 17.3 Å². The zero-order chi connectivity index (χ0) is 24.6. The van der Waals surface area contributed by atoms with Crippen LogP contribution in [0.5, 0.6) is 5.75 Å². The van der Waals surface area contributed by atoms with Crippen LogP contribution in [0, 0.1) is 0 Å². The number of aromatic amines is 1. The van der Waals surface area contributed by atoms with Crippen LogP contribution in [-0.2, 0) is 11.3 Å². The van der Waals surface area contributed by atoms with Gasteiger partial charge < -0.3 is 15.4 Å². The number of carbonyl (C=O) groups excluding carboxylic acids is 2. The molecule has 0 radical (unpaired) electrons. The molecule has 10 heteroatoms. The Hall–Kier alpha value is -4.31. The molecule has 0 saturated carbocycles. The highest BCUT2D eigenvalue weighted by molar-refractivity contribution is 7.99. The van der Waals surface area contributed by atoms with E-state index in [1.54, 1.807) is 42.5 Å². The molecule has 3 N–H and O–H groups in total. The van der Waals surface area contributed by atoms with Gasteiger partial charge in [-0.2, -0.15) is 0 Å².